The molecule has 2 rings (SSSR count). The van der Waals surface area contributed by atoms with Gasteiger partial charge < -0.3 is 19.6 Å². The molecule has 0 amide bonds. The fourth-order valence-electron chi connectivity index (χ4n) is 1.52. The SMILES string of the molecule is COc1cccc(Cl)c1CNc1nc(C(=O)O)co1. The summed E-state index contributed by atoms with van der Waals surface area (Å²) in [4.78, 5) is 14.4. The number of benzene rings is 1. The molecule has 1 aromatic heterocycles. The van der Waals surface area contributed by atoms with Crippen LogP contribution in [-0.2, 0) is 6.54 Å². The molecule has 6 nitrogen and oxygen atoms in total. The van der Waals surface area contributed by atoms with E-state index in [9.17, 15) is 4.79 Å². The summed E-state index contributed by atoms with van der Waals surface area (Å²) in [6.07, 6.45) is 1.06. The molecule has 0 aliphatic carbocycles. The zero-order valence-electron chi connectivity index (χ0n) is 10.0. The van der Waals surface area contributed by atoms with Crippen molar-refractivity contribution < 1.29 is 19.1 Å². The van der Waals surface area contributed by atoms with E-state index in [0.29, 0.717) is 17.3 Å². The van der Waals surface area contributed by atoms with Gasteiger partial charge in [-0.25, -0.2) is 4.79 Å². The van der Waals surface area contributed by atoms with Crippen molar-refractivity contribution in [3.05, 3.63) is 40.7 Å². The van der Waals surface area contributed by atoms with E-state index in [1.54, 1.807) is 25.3 Å². The molecule has 1 heterocycles. The van der Waals surface area contributed by atoms with Gasteiger partial charge in [0.05, 0.1) is 7.11 Å². The number of aromatic nitrogens is 1. The molecule has 0 radical (unpaired) electrons. The molecule has 0 aliphatic rings. The monoisotopic (exact) mass is 282 g/mol. The molecule has 1 aromatic carbocycles. The van der Waals surface area contributed by atoms with Crippen molar-refractivity contribution in [2.24, 2.45) is 0 Å². The second-order valence-electron chi connectivity index (χ2n) is 3.62. The predicted octanol–water partition coefficient (Wildman–Crippen LogP) is 2.65. The first-order valence-electron chi connectivity index (χ1n) is 5.36. The molecule has 0 fully saturated rings. The number of hydrogen-bond donors (Lipinski definition) is 2. The molecule has 0 bridgehead atoms. The number of anilines is 1. The Labute approximate surface area is 114 Å². The number of rotatable bonds is 5. The quantitative estimate of drug-likeness (QED) is 0.877. The van der Waals surface area contributed by atoms with Crippen molar-refractivity contribution in [2.45, 2.75) is 6.54 Å². The van der Waals surface area contributed by atoms with Crippen molar-refractivity contribution >= 4 is 23.6 Å². The number of hydrogen-bond acceptors (Lipinski definition) is 5. The Hall–Kier alpha value is -2.21. The average molecular weight is 283 g/mol. The molecule has 0 atom stereocenters. The van der Waals surface area contributed by atoms with E-state index in [0.717, 1.165) is 11.8 Å². The number of ether oxygens (including phenoxy) is 1. The van der Waals surface area contributed by atoms with E-state index in [1.807, 2.05) is 0 Å². The Morgan fingerprint density at radius 3 is 3.00 bits per heavy atom. The highest BCUT2D eigenvalue weighted by Crippen LogP contribution is 2.26. The number of nitrogens with one attached hydrogen (secondary N) is 1. The number of nitrogens with zero attached hydrogens (tertiary/aromatic N) is 1. The summed E-state index contributed by atoms with van der Waals surface area (Å²) >= 11 is 6.06. The molecule has 0 spiro atoms. The van der Waals surface area contributed by atoms with Crippen LogP contribution in [0.3, 0.4) is 0 Å². The molecular weight excluding hydrogens is 272 g/mol. The number of oxazole rings is 1. The van der Waals surface area contributed by atoms with Gasteiger partial charge in [-0.1, -0.05) is 17.7 Å². The summed E-state index contributed by atoms with van der Waals surface area (Å²) in [5.74, 6) is -0.517. The third-order valence-corrected chi connectivity index (χ3v) is 2.79. The number of carbonyl (C=O) groups is 1. The van der Waals surface area contributed by atoms with E-state index < -0.39 is 5.97 Å². The minimum atomic E-state index is -1.15. The normalized spacial score (nSPS) is 10.2. The Balaban J connectivity index is 2.12. The lowest BCUT2D eigenvalue weighted by Crippen LogP contribution is -2.03. The van der Waals surface area contributed by atoms with Crippen LogP contribution in [0.25, 0.3) is 0 Å². The molecular formula is C12H11ClN2O4. The first-order valence-corrected chi connectivity index (χ1v) is 5.73. The van der Waals surface area contributed by atoms with Gasteiger partial charge in [0, 0.05) is 17.1 Å². The first kappa shape index (κ1) is 13.2. The van der Waals surface area contributed by atoms with Gasteiger partial charge in [0.2, 0.25) is 0 Å². The third-order valence-electron chi connectivity index (χ3n) is 2.44. The van der Waals surface area contributed by atoms with Crippen LogP contribution in [0.2, 0.25) is 5.02 Å². The van der Waals surface area contributed by atoms with E-state index in [4.69, 9.17) is 25.9 Å². The number of carboxylic acid groups (broad SMARTS) is 1. The molecule has 2 aromatic rings. The standard InChI is InChI=1S/C12H11ClN2O4/c1-18-10-4-2-3-8(13)7(10)5-14-12-15-9(6-19-12)11(16)17/h2-4,6H,5H2,1H3,(H,14,15)(H,16,17). The molecule has 2 N–H and O–H groups in total. The lowest BCUT2D eigenvalue weighted by atomic mass is 10.2. The molecule has 100 valence electrons. The summed E-state index contributed by atoms with van der Waals surface area (Å²) in [6.45, 7) is 0.308. The maximum atomic E-state index is 10.7. The van der Waals surface area contributed by atoms with Crippen molar-refractivity contribution in [1.29, 1.82) is 0 Å². The van der Waals surface area contributed by atoms with Gasteiger partial charge in [-0.15, -0.1) is 0 Å². The summed E-state index contributed by atoms with van der Waals surface area (Å²) in [5, 5.41) is 12.1. The van der Waals surface area contributed by atoms with E-state index in [1.165, 1.54) is 0 Å². The van der Waals surface area contributed by atoms with Crippen molar-refractivity contribution in [3.8, 4) is 5.75 Å². The Kier molecular flexibility index (Phi) is 3.91. The van der Waals surface area contributed by atoms with Gasteiger partial charge in [0.15, 0.2) is 5.69 Å². The molecule has 0 aliphatic heterocycles. The van der Waals surface area contributed by atoms with Gasteiger partial charge in [0.1, 0.15) is 12.0 Å². The maximum Gasteiger partial charge on any atom is 0.357 e. The number of methoxy groups -OCH3 is 1. The van der Waals surface area contributed by atoms with Crippen molar-refractivity contribution in [2.75, 3.05) is 12.4 Å². The third kappa shape index (κ3) is 2.97. The van der Waals surface area contributed by atoms with E-state index in [-0.39, 0.29) is 11.7 Å². The van der Waals surface area contributed by atoms with Gasteiger partial charge >= 0.3 is 5.97 Å². The summed E-state index contributed by atoms with van der Waals surface area (Å²) < 4.78 is 10.2. The molecule has 0 saturated heterocycles. The van der Waals surface area contributed by atoms with Crippen LogP contribution in [-0.4, -0.2) is 23.2 Å². The van der Waals surface area contributed by atoms with Crippen LogP contribution in [0, 0.1) is 0 Å². The molecule has 19 heavy (non-hydrogen) atoms. The zero-order valence-corrected chi connectivity index (χ0v) is 10.8. The second kappa shape index (κ2) is 5.62. The topological polar surface area (TPSA) is 84.6 Å². The van der Waals surface area contributed by atoms with Crippen LogP contribution in [0.4, 0.5) is 6.01 Å². The summed E-state index contributed by atoms with van der Waals surface area (Å²) in [5.41, 5.74) is 0.579. The molecule has 0 saturated carbocycles. The Bertz CT molecular complexity index is 597. The minimum Gasteiger partial charge on any atom is -0.496 e. The van der Waals surface area contributed by atoms with Gasteiger partial charge in [-0.3, -0.25) is 0 Å². The second-order valence-corrected chi connectivity index (χ2v) is 4.02. The lowest BCUT2D eigenvalue weighted by Gasteiger charge is -2.10. The number of aromatic carboxylic acids is 1. The summed E-state index contributed by atoms with van der Waals surface area (Å²) in [6, 6.07) is 5.40. The average Bonchev–Trinajstić information content (AvgIpc) is 2.86. The summed E-state index contributed by atoms with van der Waals surface area (Å²) in [7, 11) is 1.54. The van der Waals surface area contributed by atoms with Crippen molar-refractivity contribution in [3.63, 3.8) is 0 Å². The van der Waals surface area contributed by atoms with Crippen LogP contribution in [0.1, 0.15) is 16.1 Å². The largest absolute Gasteiger partial charge is 0.496 e. The Morgan fingerprint density at radius 1 is 1.58 bits per heavy atom. The van der Waals surface area contributed by atoms with Crippen LogP contribution >= 0.6 is 11.6 Å². The molecule has 0 unspecified atom stereocenters. The van der Waals surface area contributed by atoms with Crippen LogP contribution in [0.15, 0.2) is 28.9 Å². The minimum absolute atomic E-state index is 0.111. The van der Waals surface area contributed by atoms with E-state index in [2.05, 4.69) is 10.3 Å². The number of halogens is 1. The smallest absolute Gasteiger partial charge is 0.357 e. The first-order chi connectivity index (χ1) is 9.11. The van der Waals surface area contributed by atoms with Gasteiger partial charge in [0.25, 0.3) is 6.01 Å². The highest BCUT2D eigenvalue weighted by Gasteiger charge is 2.12. The number of carboxylic acids is 1. The lowest BCUT2D eigenvalue weighted by molar-refractivity contribution is 0.0690. The van der Waals surface area contributed by atoms with Gasteiger partial charge in [-0.05, 0) is 12.1 Å². The van der Waals surface area contributed by atoms with Crippen LogP contribution in [0.5, 0.6) is 5.75 Å². The maximum absolute atomic E-state index is 10.7. The highest BCUT2D eigenvalue weighted by molar-refractivity contribution is 6.31. The van der Waals surface area contributed by atoms with Crippen LogP contribution < -0.4 is 10.1 Å². The molecule has 7 heteroatoms. The predicted molar refractivity (Wildman–Crippen MR) is 68.8 cm³/mol. The fourth-order valence-corrected chi connectivity index (χ4v) is 1.75. The van der Waals surface area contributed by atoms with Gasteiger partial charge in [-0.2, -0.15) is 4.98 Å². The fraction of sp³-hybridized carbons (Fsp3) is 0.167. The Morgan fingerprint density at radius 2 is 2.37 bits per heavy atom. The van der Waals surface area contributed by atoms with Crippen molar-refractivity contribution in [1.82, 2.24) is 4.98 Å². The zero-order chi connectivity index (χ0) is 13.8. The highest BCUT2D eigenvalue weighted by atomic mass is 35.5. The van der Waals surface area contributed by atoms with E-state index >= 15 is 0 Å².